The molecule has 0 fully saturated rings. The molecule has 0 saturated carbocycles. The standard InChI is InChI=1S/C16H17Cl2NO/c1-11(13-4-3-5-14(17)9-13)19-10-12-6-7-16(20-2)15(18)8-12/h3-9,11,19H,10H2,1-2H3/t11-/m0/s1. The molecule has 0 aliphatic rings. The minimum absolute atomic E-state index is 0.217. The maximum Gasteiger partial charge on any atom is 0.137 e. The van der Waals surface area contributed by atoms with Crippen molar-refractivity contribution in [3.05, 3.63) is 63.6 Å². The van der Waals surface area contributed by atoms with Crippen molar-refractivity contribution in [2.45, 2.75) is 19.5 Å². The summed E-state index contributed by atoms with van der Waals surface area (Å²) in [6, 6.07) is 13.9. The predicted octanol–water partition coefficient (Wildman–Crippen LogP) is 4.85. The molecule has 106 valence electrons. The molecule has 2 aromatic carbocycles. The Morgan fingerprint density at radius 3 is 2.60 bits per heavy atom. The minimum atomic E-state index is 0.217. The van der Waals surface area contributed by atoms with Crippen molar-refractivity contribution in [1.29, 1.82) is 0 Å². The van der Waals surface area contributed by atoms with Crippen LogP contribution in [0, 0.1) is 0 Å². The molecule has 0 amide bonds. The maximum absolute atomic E-state index is 6.11. The van der Waals surface area contributed by atoms with Crippen LogP contribution in [-0.4, -0.2) is 7.11 Å². The summed E-state index contributed by atoms with van der Waals surface area (Å²) in [7, 11) is 1.61. The Hall–Kier alpha value is -1.22. The van der Waals surface area contributed by atoms with E-state index in [4.69, 9.17) is 27.9 Å². The first kappa shape index (κ1) is 15.2. The third kappa shape index (κ3) is 3.89. The predicted molar refractivity (Wildman–Crippen MR) is 84.7 cm³/mol. The summed E-state index contributed by atoms with van der Waals surface area (Å²) < 4.78 is 5.14. The van der Waals surface area contributed by atoms with Gasteiger partial charge in [0.15, 0.2) is 0 Å². The lowest BCUT2D eigenvalue weighted by atomic mass is 10.1. The number of hydrogen-bond acceptors (Lipinski definition) is 2. The van der Waals surface area contributed by atoms with Gasteiger partial charge in [-0.15, -0.1) is 0 Å². The number of rotatable bonds is 5. The van der Waals surface area contributed by atoms with Gasteiger partial charge in [-0.1, -0.05) is 41.4 Å². The average Bonchev–Trinajstić information content (AvgIpc) is 2.45. The van der Waals surface area contributed by atoms with Gasteiger partial charge < -0.3 is 10.1 Å². The molecule has 0 saturated heterocycles. The Morgan fingerprint density at radius 2 is 1.95 bits per heavy atom. The van der Waals surface area contributed by atoms with E-state index in [1.807, 2.05) is 36.4 Å². The van der Waals surface area contributed by atoms with Gasteiger partial charge in [-0.25, -0.2) is 0 Å². The second kappa shape index (κ2) is 6.98. The van der Waals surface area contributed by atoms with E-state index in [9.17, 15) is 0 Å². The van der Waals surface area contributed by atoms with Crippen molar-refractivity contribution in [3.63, 3.8) is 0 Å². The van der Waals surface area contributed by atoms with Crippen LogP contribution in [0.4, 0.5) is 0 Å². The van der Waals surface area contributed by atoms with Crippen LogP contribution in [0.25, 0.3) is 0 Å². The van der Waals surface area contributed by atoms with Crippen LogP contribution in [0.5, 0.6) is 5.75 Å². The first-order valence-corrected chi connectivity index (χ1v) is 7.17. The van der Waals surface area contributed by atoms with Gasteiger partial charge in [-0.3, -0.25) is 0 Å². The summed E-state index contributed by atoms with van der Waals surface area (Å²) in [6.07, 6.45) is 0. The van der Waals surface area contributed by atoms with E-state index in [-0.39, 0.29) is 6.04 Å². The van der Waals surface area contributed by atoms with Crippen LogP contribution in [0.2, 0.25) is 10.0 Å². The fourth-order valence-corrected chi connectivity index (χ4v) is 2.46. The molecule has 0 aliphatic carbocycles. The lowest BCUT2D eigenvalue weighted by Crippen LogP contribution is -2.18. The van der Waals surface area contributed by atoms with E-state index >= 15 is 0 Å². The summed E-state index contributed by atoms with van der Waals surface area (Å²) in [5.74, 6) is 0.693. The normalized spacial score (nSPS) is 12.2. The van der Waals surface area contributed by atoms with Crippen molar-refractivity contribution in [3.8, 4) is 5.75 Å². The summed E-state index contributed by atoms with van der Waals surface area (Å²) >= 11 is 12.1. The van der Waals surface area contributed by atoms with Gasteiger partial charge in [0.25, 0.3) is 0 Å². The second-order valence-electron chi connectivity index (χ2n) is 4.63. The largest absolute Gasteiger partial charge is 0.495 e. The number of hydrogen-bond donors (Lipinski definition) is 1. The van der Waals surface area contributed by atoms with Gasteiger partial charge in [0.05, 0.1) is 12.1 Å². The van der Waals surface area contributed by atoms with E-state index in [0.29, 0.717) is 10.8 Å². The molecule has 0 heterocycles. The second-order valence-corrected chi connectivity index (χ2v) is 5.47. The summed E-state index contributed by atoms with van der Waals surface area (Å²) in [5.41, 5.74) is 2.28. The highest BCUT2D eigenvalue weighted by molar-refractivity contribution is 6.32. The van der Waals surface area contributed by atoms with Crippen LogP contribution in [0.3, 0.4) is 0 Å². The lowest BCUT2D eigenvalue weighted by Gasteiger charge is -2.15. The number of nitrogens with one attached hydrogen (secondary N) is 1. The van der Waals surface area contributed by atoms with Crippen LogP contribution in [0.1, 0.15) is 24.1 Å². The van der Waals surface area contributed by atoms with E-state index in [1.165, 1.54) is 0 Å². The van der Waals surface area contributed by atoms with Crippen LogP contribution < -0.4 is 10.1 Å². The summed E-state index contributed by atoms with van der Waals surface area (Å²) in [6.45, 7) is 2.84. The summed E-state index contributed by atoms with van der Waals surface area (Å²) in [5, 5.41) is 4.83. The zero-order valence-electron chi connectivity index (χ0n) is 11.5. The van der Waals surface area contributed by atoms with Gasteiger partial charge in [0.1, 0.15) is 5.75 Å². The minimum Gasteiger partial charge on any atom is -0.495 e. The van der Waals surface area contributed by atoms with Crippen molar-refractivity contribution in [1.82, 2.24) is 5.32 Å². The highest BCUT2D eigenvalue weighted by atomic mass is 35.5. The topological polar surface area (TPSA) is 21.3 Å². The van der Waals surface area contributed by atoms with E-state index in [1.54, 1.807) is 7.11 Å². The number of ether oxygens (including phenoxy) is 1. The zero-order chi connectivity index (χ0) is 14.5. The first-order valence-electron chi connectivity index (χ1n) is 6.41. The fraction of sp³-hybridized carbons (Fsp3) is 0.250. The summed E-state index contributed by atoms with van der Waals surface area (Å²) in [4.78, 5) is 0. The first-order chi connectivity index (χ1) is 9.60. The maximum atomic E-state index is 6.11. The molecule has 0 unspecified atom stereocenters. The van der Waals surface area contributed by atoms with Crippen molar-refractivity contribution >= 4 is 23.2 Å². The Morgan fingerprint density at radius 1 is 1.15 bits per heavy atom. The molecular formula is C16H17Cl2NO. The smallest absolute Gasteiger partial charge is 0.137 e. The monoisotopic (exact) mass is 309 g/mol. The molecule has 2 nitrogen and oxygen atoms in total. The molecule has 1 N–H and O–H groups in total. The third-order valence-electron chi connectivity index (χ3n) is 3.18. The molecule has 0 aliphatic heterocycles. The number of halogens is 2. The molecule has 4 heteroatoms. The molecule has 0 spiro atoms. The Balaban J connectivity index is 1.99. The van der Waals surface area contributed by atoms with Gasteiger partial charge in [-0.2, -0.15) is 0 Å². The average molecular weight is 310 g/mol. The lowest BCUT2D eigenvalue weighted by molar-refractivity contribution is 0.414. The van der Waals surface area contributed by atoms with Crippen LogP contribution in [-0.2, 0) is 6.54 Å². The Kier molecular flexibility index (Phi) is 5.30. The SMILES string of the molecule is COc1ccc(CN[C@@H](C)c2cccc(Cl)c2)cc1Cl. The van der Waals surface area contributed by atoms with Gasteiger partial charge in [-0.05, 0) is 42.3 Å². The Bertz CT molecular complexity index is 586. The zero-order valence-corrected chi connectivity index (χ0v) is 13.0. The van der Waals surface area contributed by atoms with Crippen molar-refractivity contribution in [2.24, 2.45) is 0 Å². The fourth-order valence-electron chi connectivity index (χ4n) is 1.98. The van der Waals surface area contributed by atoms with E-state index in [0.717, 1.165) is 22.7 Å². The van der Waals surface area contributed by atoms with Gasteiger partial charge in [0.2, 0.25) is 0 Å². The molecule has 0 aromatic heterocycles. The van der Waals surface area contributed by atoms with E-state index < -0.39 is 0 Å². The molecule has 2 aromatic rings. The van der Waals surface area contributed by atoms with E-state index in [2.05, 4.69) is 18.3 Å². The van der Waals surface area contributed by atoms with Crippen LogP contribution >= 0.6 is 23.2 Å². The molecule has 20 heavy (non-hydrogen) atoms. The number of benzene rings is 2. The van der Waals surface area contributed by atoms with Gasteiger partial charge >= 0.3 is 0 Å². The van der Waals surface area contributed by atoms with Crippen LogP contribution in [0.15, 0.2) is 42.5 Å². The molecular weight excluding hydrogens is 293 g/mol. The quantitative estimate of drug-likeness (QED) is 0.852. The Labute approximate surface area is 129 Å². The molecule has 1 atom stereocenters. The molecule has 0 radical (unpaired) electrons. The highest BCUT2D eigenvalue weighted by Crippen LogP contribution is 2.25. The van der Waals surface area contributed by atoms with Gasteiger partial charge in [0, 0.05) is 17.6 Å². The molecule has 2 rings (SSSR count). The molecule has 0 bridgehead atoms. The highest BCUT2D eigenvalue weighted by Gasteiger charge is 2.06. The third-order valence-corrected chi connectivity index (χ3v) is 3.71. The van der Waals surface area contributed by atoms with Crippen molar-refractivity contribution < 1.29 is 4.74 Å². The number of methoxy groups -OCH3 is 1. The van der Waals surface area contributed by atoms with Crippen molar-refractivity contribution in [2.75, 3.05) is 7.11 Å².